The summed E-state index contributed by atoms with van der Waals surface area (Å²) in [5, 5.41) is 4.25. The van der Waals surface area contributed by atoms with Gasteiger partial charge in [0.15, 0.2) is 0 Å². The molecular formula is C15H11BrClN3O. The zero-order chi connectivity index (χ0) is 15.0. The second-order valence-electron chi connectivity index (χ2n) is 4.57. The van der Waals surface area contributed by atoms with E-state index in [-0.39, 0.29) is 5.91 Å². The summed E-state index contributed by atoms with van der Waals surface area (Å²) < 4.78 is 0.760. The van der Waals surface area contributed by atoms with Crippen molar-refractivity contribution >= 4 is 55.7 Å². The largest absolute Gasteiger partial charge is 0.397 e. The van der Waals surface area contributed by atoms with Gasteiger partial charge < -0.3 is 16.0 Å². The summed E-state index contributed by atoms with van der Waals surface area (Å²) in [6, 6.07) is 12.5. The third-order valence-electron chi connectivity index (χ3n) is 3.11. The Morgan fingerprint density at radius 3 is 2.81 bits per heavy atom. The molecule has 0 unspecified atom stereocenters. The van der Waals surface area contributed by atoms with E-state index >= 15 is 0 Å². The lowest BCUT2D eigenvalue weighted by Crippen LogP contribution is -2.12. The van der Waals surface area contributed by atoms with Crippen LogP contribution in [-0.4, -0.2) is 10.9 Å². The maximum atomic E-state index is 12.3. The Morgan fingerprint density at radius 1 is 1.24 bits per heavy atom. The van der Waals surface area contributed by atoms with Crippen LogP contribution >= 0.6 is 27.5 Å². The number of halogens is 2. The first-order valence-electron chi connectivity index (χ1n) is 6.18. The van der Waals surface area contributed by atoms with E-state index in [2.05, 4.69) is 26.2 Å². The third kappa shape index (κ3) is 2.75. The zero-order valence-corrected chi connectivity index (χ0v) is 13.1. The minimum absolute atomic E-state index is 0.256. The summed E-state index contributed by atoms with van der Waals surface area (Å²) >= 11 is 9.31. The van der Waals surface area contributed by atoms with Crippen molar-refractivity contribution in [2.75, 3.05) is 11.1 Å². The fourth-order valence-corrected chi connectivity index (χ4v) is 2.60. The van der Waals surface area contributed by atoms with Gasteiger partial charge in [-0.2, -0.15) is 0 Å². The summed E-state index contributed by atoms with van der Waals surface area (Å²) in [5.74, 6) is -0.256. The number of H-pyrrole nitrogens is 1. The molecule has 0 aliphatic rings. The van der Waals surface area contributed by atoms with Crippen LogP contribution in [0.1, 0.15) is 10.5 Å². The van der Waals surface area contributed by atoms with Crippen LogP contribution in [0.4, 0.5) is 11.4 Å². The van der Waals surface area contributed by atoms with Gasteiger partial charge in [-0.15, -0.1) is 0 Å². The Bertz CT molecular complexity index is 844. The molecule has 3 aromatic rings. The predicted octanol–water partition coefficient (Wildman–Crippen LogP) is 4.42. The van der Waals surface area contributed by atoms with Gasteiger partial charge in [0.05, 0.1) is 16.9 Å². The van der Waals surface area contributed by atoms with Crippen LogP contribution in [0.15, 0.2) is 46.9 Å². The molecule has 0 aliphatic carbocycles. The second kappa shape index (κ2) is 5.42. The van der Waals surface area contributed by atoms with Crippen molar-refractivity contribution in [1.82, 2.24) is 4.98 Å². The summed E-state index contributed by atoms with van der Waals surface area (Å²) in [5.41, 5.74) is 8.29. The van der Waals surface area contributed by atoms with E-state index in [1.165, 1.54) is 0 Å². The van der Waals surface area contributed by atoms with Crippen molar-refractivity contribution in [1.29, 1.82) is 0 Å². The van der Waals surface area contributed by atoms with E-state index in [1.807, 2.05) is 12.1 Å². The van der Waals surface area contributed by atoms with E-state index in [4.69, 9.17) is 17.3 Å². The predicted molar refractivity (Wildman–Crippen MR) is 89.8 cm³/mol. The number of fused-ring (bicyclic) bond motifs is 1. The highest BCUT2D eigenvalue weighted by molar-refractivity contribution is 9.10. The highest BCUT2D eigenvalue weighted by Crippen LogP contribution is 2.27. The average Bonchev–Trinajstić information content (AvgIpc) is 2.88. The standard InChI is InChI=1S/C15H11BrClN3O/c16-10-5-4-9(17)7-12(10)20-15(21)13-6-8-2-1-3-11(18)14(8)19-13/h1-7,19H,18H2,(H,20,21). The summed E-state index contributed by atoms with van der Waals surface area (Å²) in [6.45, 7) is 0. The van der Waals surface area contributed by atoms with Crippen molar-refractivity contribution in [2.45, 2.75) is 0 Å². The SMILES string of the molecule is Nc1cccc2cc(C(=O)Nc3cc(Cl)ccc3Br)[nH]c12. The lowest BCUT2D eigenvalue weighted by molar-refractivity contribution is 0.102. The highest BCUT2D eigenvalue weighted by Gasteiger charge is 2.12. The quantitative estimate of drug-likeness (QED) is 0.589. The summed E-state index contributed by atoms with van der Waals surface area (Å²) in [7, 11) is 0. The monoisotopic (exact) mass is 363 g/mol. The second-order valence-corrected chi connectivity index (χ2v) is 5.86. The zero-order valence-electron chi connectivity index (χ0n) is 10.8. The third-order valence-corrected chi connectivity index (χ3v) is 4.04. The first-order chi connectivity index (χ1) is 10.0. The molecule has 3 rings (SSSR count). The molecule has 4 nitrogen and oxygen atoms in total. The molecule has 0 bridgehead atoms. The average molecular weight is 365 g/mol. The van der Waals surface area contributed by atoms with Crippen LogP contribution in [0.2, 0.25) is 5.02 Å². The molecule has 6 heteroatoms. The molecule has 0 radical (unpaired) electrons. The van der Waals surface area contributed by atoms with Gasteiger partial charge in [0, 0.05) is 14.9 Å². The fraction of sp³-hybridized carbons (Fsp3) is 0. The minimum atomic E-state index is -0.256. The molecule has 0 fully saturated rings. The maximum absolute atomic E-state index is 12.3. The van der Waals surface area contributed by atoms with Crippen LogP contribution in [0.25, 0.3) is 10.9 Å². The molecule has 106 valence electrons. The van der Waals surface area contributed by atoms with E-state index in [0.717, 1.165) is 15.4 Å². The number of hydrogen-bond donors (Lipinski definition) is 3. The number of aromatic amines is 1. The van der Waals surface area contributed by atoms with Gasteiger partial charge >= 0.3 is 0 Å². The number of nitrogen functional groups attached to an aromatic ring is 1. The number of benzene rings is 2. The molecule has 0 atom stereocenters. The number of rotatable bonds is 2. The molecule has 2 aromatic carbocycles. The number of aromatic nitrogens is 1. The van der Waals surface area contributed by atoms with E-state index < -0.39 is 0 Å². The van der Waals surface area contributed by atoms with Gasteiger partial charge in [0.25, 0.3) is 5.91 Å². The molecular weight excluding hydrogens is 354 g/mol. The Hall–Kier alpha value is -1.98. The Kier molecular flexibility index (Phi) is 3.61. The van der Waals surface area contributed by atoms with Crippen molar-refractivity contribution in [3.63, 3.8) is 0 Å². The number of carbonyl (C=O) groups excluding carboxylic acids is 1. The topological polar surface area (TPSA) is 70.9 Å². The minimum Gasteiger partial charge on any atom is -0.397 e. The van der Waals surface area contributed by atoms with Crippen LogP contribution in [0, 0.1) is 0 Å². The number of nitrogens with two attached hydrogens (primary N) is 1. The van der Waals surface area contributed by atoms with E-state index in [1.54, 1.807) is 30.3 Å². The van der Waals surface area contributed by atoms with Gasteiger partial charge in [0.1, 0.15) is 5.69 Å². The van der Waals surface area contributed by atoms with Gasteiger partial charge in [-0.05, 0) is 46.3 Å². The maximum Gasteiger partial charge on any atom is 0.272 e. The number of anilines is 2. The van der Waals surface area contributed by atoms with Crippen molar-refractivity contribution in [3.05, 3.63) is 57.7 Å². The van der Waals surface area contributed by atoms with E-state index in [0.29, 0.717) is 22.1 Å². The number of nitrogens with one attached hydrogen (secondary N) is 2. The Labute approximate surface area is 134 Å². The van der Waals surface area contributed by atoms with Gasteiger partial charge in [0.2, 0.25) is 0 Å². The Morgan fingerprint density at radius 2 is 2.05 bits per heavy atom. The molecule has 1 aromatic heterocycles. The lowest BCUT2D eigenvalue weighted by Gasteiger charge is -2.06. The van der Waals surface area contributed by atoms with Crippen molar-refractivity contribution in [3.8, 4) is 0 Å². The lowest BCUT2D eigenvalue weighted by atomic mass is 10.2. The molecule has 1 amide bonds. The van der Waals surface area contributed by atoms with Crippen LogP contribution < -0.4 is 11.1 Å². The van der Waals surface area contributed by atoms with Crippen LogP contribution in [-0.2, 0) is 0 Å². The Balaban J connectivity index is 1.93. The molecule has 4 N–H and O–H groups in total. The van der Waals surface area contributed by atoms with Gasteiger partial charge in [-0.3, -0.25) is 4.79 Å². The number of hydrogen-bond acceptors (Lipinski definition) is 2. The molecule has 0 aliphatic heterocycles. The molecule has 0 saturated heterocycles. The molecule has 0 saturated carbocycles. The molecule has 0 spiro atoms. The summed E-state index contributed by atoms with van der Waals surface area (Å²) in [4.78, 5) is 15.3. The van der Waals surface area contributed by atoms with Crippen molar-refractivity contribution < 1.29 is 4.79 Å². The van der Waals surface area contributed by atoms with Crippen LogP contribution in [0.3, 0.4) is 0 Å². The smallest absolute Gasteiger partial charge is 0.272 e. The van der Waals surface area contributed by atoms with E-state index in [9.17, 15) is 4.79 Å². The number of para-hydroxylation sites is 1. The van der Waals surface area contributed by atoms with Crippen LogP contribution in [0.5, 0.6) is 0 Å². The first-order valence-corrected chi connectivity index (χ1v) is 7.35. The van der Waals surface area contributed by atoms with Gasteiger partial charge in [-0.1, -0.05) is 23.7 Å². The molecule has 1 heterocycles. The normalized spacial score (nSPS) is 10.8. The van der Waals surface area contributed by atoms with Gasteiger partial charge in [-0.25, -0.2) is 0 Å². The number of amides is 1. The van der Waals surface area contributed by atoms with Crippen molar-refractivity contribution in [2.24, 2.45) is 0 Å². The fourth-order valence-electron chi connectivity index (χ4n) is 2.08. The highest BCUT2D eigenvalue weighted by atomic mass is 79.9. The summed E-state index contributed by atoms with van der Waals surface area (Å²) in [6.07, 6.45) is 0. The number of carbonyl (C=O) groups is 1. The first kappa shape index (κ1) is 14.0. The molecule has 21 heavy (non-hydrogen) atoms.